The van der Waals surface area contributed by atoms with Crippen molar-refractivity contribution in [1.82, 2.24) is 0 Å². The summed E-state index contributed by atoms with van der Waals surface area (Å²) in [7, 11) is -4.72. The largest absolute Gasteiger partial charge is 0.480 e. The number of allylic oxidation sites excluding steroid dienone is 8. The lowest BCUT2D eigenvalue weighted by Gasteiger charge is -2.20. The number of rotatable bonds is 36. The van der Waals surface area contributed by atoms with Gasteiger partial charge in [-0.1, -0.05) is 140 Å². The molecule has 0 rings (SSSR count). The van der Waals surface area contributed by atoms with Gasteiger partial charge in [0.25, 0.3) is 0 Å². The predicted molar refractivity (Wildman–Crippen MR) is 208 cm³/mol. The molecule has 0 fully saturated rings. The molecule has 0 heterocycles. The topological polar surface area (TPSA) is 172 Å². The Balaban J connectivity index is 4.47. The number of unbranched alkanes of at least 4 members (excludes halogenated alkanes) is 14. The highest BCUT2D eigenvalue weighted by molar-refractivity contribution is 7.47. The van der Waals surface area contributed by atoms with Gasteiger partial charge >= 0.3 is 25.7 Å². The number of ether oxygens (including phenoxy) is 2. The maximum absolute atomic E-state index is 12.6. The van der Waals surface area contributed by atoms with Crippen molar-refractivity contribution in [2.75, 3.05) is 19.8 Å². The summed E-state index contributed by atoms with van der Waals surface area (Å²) in [4.78, 5) is 45.8. The van der Waals surface area contributed by atoms with E-state index in [2.05, 4.69) is 67.0 Å². The van der Waals surface area contributed by atoms with Gasteiger partial charge in [0.2, 0.25) is 0 Å². The second-order valence-electron chi connectivity index (χ2n) is 13.0. The Labute approximate surface area is 314 Å². The molecule has 300 valence electrons. The quantitative estimate of drug-likeness (QED) is 0.0241. The molecule has 0 bridgehead atoms. The summed E-state index contributed by atoms with van der Waals surface area (Å²) in [5.74, 6) is -2.41. The van der Waals surface area contributed by atoms with Crippen LogP contribution in [0, 0.1) is 0 Å². The van der Waals surface area contributed by atoms with Gasteiger partial charge in [0, 0.05) is 12.8 Å². The number of carboxylic acids is 1. The first-order chi connectivity index (χ1) is 25.1. The average Bonchev–Trinajstić information content (AvgIpc) is 3.12. The van der Waals surface area contributed by atoms with Crippen molar-refractivity contribution < 1.29 is 47.5 Å². The molecule has 0 saturated carbocycles. The molecule has 0 aliphatic rings. The first-order valence-corrected chi connectivity index (χ1v) is 21.2. The van der Waals surface area contributed by atoms with E-state index in [-0.39, 0.29) is 19.4 Å². The monoisotopic (exact) mass is 755 g/mol. The Kier molecular flexibility index (Phi) is 33.7. The molecule has 0 spiro atoms. The fourth-order valence-electron chi connectivity index (χ4n) is 5.00. The van der Waals surface area contributed by atoms with Gasteiger partial charge in [-0.25, -0.2) is 4.57 Å². The third-order valence-electron chi connectivity index (χ3n) is 8.09. The van der Waals surface area contributed by atoms with Crippen LogP contribution < -0.4 is 5.73 Å². The Bertz CT molecular complexity index is 1070. The fourth-order valence-corrected chi connectivity index (χ4v) is 5.77. The molecule has 0 aromatic rings. The van der Waals surface area contributed by atoms with Crippen molar-refractivity contribution in [2.45, 2.75) is 167 Å². The molecule has 0 amide bonds. The van der Waals surface area contributed by atoms with Crippen molar-refractivity contribution >= 4 is 25.7 Å². The zero-order valence-electron chi connectivity index (χ0n) is 32.1. The van der Waals surface area contributed by atoms with Crippen molar-refractivity contribution in [3.05, 3.63) is 48.6 Å². The van der Waals surface area contributed by atoms with Gasteiger partial charge in [0.15, 0.2) is 6.10 Å². The standard InChI is InChI=1S/C40H70NO10P/c1-3-5-7-9-11-13-15-16-17-18-19-20-22-24-26-28-30-32-39(43)51-36(34-49-52(46,47)50-35-37(41)40(44)45)33-48-38(42)31-29-27-25-23-21-14-12-10-8-6-4-2/h5,7,11,13,16-17,19-20,36-37H,3-4,6,8-10,12,14-15,18,21-35,41H2,1-2H3,(H,44,45)(H,46,47)/b7-5-,13-11-,17-16-,20-19-/t36-,37+/m1/s1. The van der Waals surface area contributed by atoms with Crippen LogP contribution in [0.5, 0.6) is 0 Å². The summed E-state index contributed by atoms with van der Waals surface area (Å²) < 4.78 is 32.5. The van der Waals surface area contributed by atoms with E-state index >= 15 is 0 Å². The second kappa shape index (κ2) is 35.5. The van der Waals surface area contributed by atoms with Gasteiger partial charge < -0.3 is 25.2 Å². The number of nitrogens with two attached hydrogens (primary N) is 1. The zero-order chi connectivity index (χ0) is 38.5. The SMILES string of the molecule is CC/C=C\C/C=C\C/C=C\C/C=C\CCCCCCC(=O)O[C@H](COC(=O)CCCCCCCCCCCCC)COP(=O)(O)OC[C@H](N)C(=O)O. The van der Waals surface area contributed by atoms with E-state index in [1.165, 1.54) is 44.9 Å². The zero-order valence-corrected chi connectivity index (χ0v) is 33.0. The number of hydrogen-bond acceptors (Lipinski definition) is 9. The smallest absolute Gasteiger partial charge is 0.472 e. The summed E-state index contributed by atoms with van der Waals surface area (Å²) in [5.41, 5.74) is 5.31. The van der Waals surface area contributed by atoms with E-state index < -0.39 is 51.1 Å². The highest BCUT2D eigenvalue weighted by Gasteiger charge is 2.28. The van der Waals surface area contributed by atoms with E-state index in [1.807, 2.05) is 0 Å². The number of phosphoric acid groups is 1. The van der Waals surface area contributed by atoms with Crippen LogP contribution in [-0.4, -0.2) is 59.9 Å². The van der Waals surface area contributed by atoms with Gasteiger partial charge in [-0.15, -0.1) is 0 Å². The lowest BCUT2D eigenvalue weighted by molar-refractivity contribution is -0.161. The molecule has 0 saturated heterocycles. The molecule has 52 heavy (non-hydrogen) atoms. The predicted octanol–water partition coefficient (Wildman–Crippen LogP) is 9.83. The minimum atomic E-state index is -4.72. The Morgan fingerprint density at radius 3 is 1.62 bits per heavy atom. The van der Waals surface area contributed by atoms with Gasteiger partial charge in [-0.2, -0.15) is 0 Å². The fraction of sp³-hybridized carbons (Fsp3) is 0.725. The Hall–Kier alpha value is -2.56. The van der Waals surface area contributed by atoms with E-state index in [4.69, 9.17) is 24.8 Å². The van der Waals surface area contributed by atoms with E-state index in [0.717, 1.165) is 70.6 Å². The number of hydrogen-bond donors (Lipinski definition) is 3. The molecule has 0 aliphatic carbocycles. The molecule has 0 radical (unpaired) electrons. The molecule has 0 aromatic carbocycles. The minimum Gasteiger partial charge on any atom is -0.480 e. The lowest BCUT2D eigenvalue weighted by Crippen LogP contribution is -2.34. The van der Waals surface area contributed by atoms with Crippen molar-refractivity contribution in [2.24, 2.45) is 5.73 Å². The van der Waals surface area contributed by atoms with Gasteiger partial charge in [0.05, 0.1) is 13.2 Å². The summed E-state index contributed by atoms with van der Waals surface area (Å²) in [6.07, 6.45) is 37.5. The van der Waals surface area contributed by atoms with Crippen LogP contribution in [0.4, 0.5) is 0 Å². The molecule has 0 aliphatic heterocycles. The number of carboxylic acid groups (broad SMARTS) is 1. The number of aliphatic carboxylic acids is 1. The van der Waals surface area contributed by atoms with Crippen molar-refractivity contribution in [1.29, 1.82) is 0 Å². The summed E-state index contributed by atoms with van der Waals surface area (Å²) in [6.45, 7) is 2.63. The van der Waals surface area contributed by atoms with Crippen molar-refractivity contribution in [3.8, 4) is 0 Å². The highest BCUT2D eigenvalue weighted by Crippen LogP contribution is 2.43. The normalized spacial score (nSPS) is 14.4. The van der Waals surface area contributed by atoms with E-state index in [0.29, 0.717) is 12.8 Å². The Morgan fingerprint density at radius 1 is 0.615 bits per heavy atom. The summed E-state index contributed by atoms with van der Waals surface area (Å²) >= 11 is 0. The maximum Gasteiger partial charge on any atom is 0.472 e. The van der Waals surface area contributed by atoms with E-state index in [1.54, 1.807) is 0 Å². The van der Waals surface area contributed by atoms with Crippen molar-refractivity contribution in [3.63, 3.8) is 0 Å². The molecular weight excluding hydrogens is 685 g/mol. The highest BCUT2D eigenvalue weighted by atomic mass is 31.2. The molecule has 4 N–H and O–H groups in total. The average molecular weight is 756 g/mol. The van der Waals surface area contributed by atoms with Gasteiger partial charge in [0.1, 0.15) is 12.6 Å². The second-order valence-corrected chi connectivity index (χ2v) is 14.5. The first-order valence-electron chi connectivity index (χ1n) is 19.7. The summed E-state index contributed by atoms with van der Waals surface area (Å²) in [5, 5.41) is 8.86. The van der Waals surface area contributed by atoms with E-state index in [9.17, 15) is 23.8 Å². The van der Waals surface area contributed by atoms with Crippen LogP contribution in [0.2, 0.25) is 0 Å². The molecule has 0 aromatic heterocycles. The third kappa shape index (κ3) is 34.5. The third-order valence-corrected chi connectivity index (χ3v) is 9.04. The van der Waals surface area contributed by atoms with Gasteiger partial charge in [-0.05, 0) is 51.4 Å². The first kappa shape index (κ1) is 49.4. The molecular formula is C40H70NO10P. The number of carbonyl (C=O) groups excluding carboxylic acids is 2. The molecule has 11 nitrogen and oxygen atoms in total. The maximum atomic E-state index is 12.6. The van der Waals surface area contributed by atoms with Crippen LogP contribution in [-0.2, 0) is 37.5 Å². The van der Waals surface area contributed by atoms with Gasteiger partial charge in [-0.3, -0.25) is 23.4 Å². The van der Waals surface area contributed by atoms with Crippen LogP contribution in [0.25, 0.3) is 0 Å². The summed E-state index contributed by atoms with van der Waals surface area (Å²) in [6, 6.07) is -1.52. The number of phosphoric ester groups is 1. The molecule has 1 unspecified atom stereocenters. The van der Waals surface area contributed by atoms with Crippen LogP contribution in [0.15, 0.2) is 48.6 Å². The molecule has 12 heteroatoms. The number of esters is 2. The van der Waals surface area contributed by atoms with Crippen LogP contribution in [0.3, 0.4) is 0 Å². The van der Waals surface area contributed by atoms with Crippen LogP contribution >= 0.6 is 7.82 Å². The number of carbonyl (C=O) groups is 3. The lowest BCUT2D eigenvalue weighted by atomic mass is 10.1. The molecule has 3 atom stereocenters. The van der Waals surface area contributed by atoms with Crippen LogP contribution in [0.1, 0.15) is 155 Å². The Morgan fingerprint density at radius 2 is 1.08 bits per heavy atom. The minimum absolute atomic E-state index is 0.133.